The van der Waals surface area contributed by atoms with Gasteiger partial charge in [-0.25, -0.2) is 4.98 Å². The Morgan fingerprint density at radius 3 is 2.80 bits per heavy atom. The molecule has 0 atom stereocenters. The van der Waals surface area contributed by atoms with E-state index in [2.05, 4.69) is 20.9 Å². The molecule has 0 aromatic carbocycles. The van der Waals surface area contributed by atoms with Gasteiger partial charge in [-0.2, -0.15) is 0 Å². The summed E-state index contributed by atoms with van der Waals surface area (Å²) in [5.41, 5.74) is 0.583. The van der Waals surface area contributed by atoms with Crippen molar-refractivity contribution in [3.05, 3.63) is 22.4 Å². The van der Waals surface area contributed by atoms with Crippen LogP contribution in [0.3, 0.4) is 0 Å². The van der Waals surface area contributed by atoms with E-state index in [1.54, 1.807) is 0 Å². The van der Waals surface area contributed by atoms with E-state index >= 15 is 0 Å². The fourth-order valence-electron chi connectivity index (χ4n) is 0.592. The Hall–Kier alpha value is -0.610. The maximum Gasteiger partial charge on any atom is 0.134 e. The third-order valence-electron chi connectivity index (χ3n) is 1.07. The van der Waals surface area contributed by atoms with E-state index in [0.29, 0.717) is 10.2 Å². The maximum absolute atomic E-state index is 8.87. The fraction of sp³-hybridized carbons (Fsp3) is 0.167. The molecular weight excluding hydrogens is 198 g/mol. The second-order valence-corrected chi connectivity index (χ2v) is 2.55. The molecule has 0 spiro atoms. The quantitative estimate of drug-likeness (QED) is 0.672. The van der Waals surface area contributed by atoms with E-state index in [-0.39, 0.29) is 12.4 Å². The number of aliphatic hydroxyl groups excluding tert-OH is 1. The molecule has 0 fully saturated rings. The number of hydrogen-bond donors (Lipinski definition) is 2. The van der Waals surface area contributed by atoms with Crippen LogP contribution < -0.4 is 0 Å². The van der Waals surface area contributed by atoms with Crippen LogP contribution in [0, 0.1) is 0 Å². The molecule has 1 rings (SSSR count). The van der Waals surface area contributed by atoms with Crippen LogP contribution in [0.4, 0.5) is 0 Å². The SMILES string of the molecule is OCc1cc(O)cnc1Br. The zero-order valence-corrected chi connectivity index (χ0v) is 6.67. The largest absolute Gasteiger partial charge is 0.506 e. The van der Waals surface area contributed by atoms with Crippen LogP contribution >= 0.6 is 15.9 Å². The summed E-state index contributed by atoms with van der Waals surface area (Å²) in [7, 11) is 0. The summed E-state index contributed by atoms with van der Waals surface area (Å²) in [6.07, 6.45) is 1.31. The van der Waals surface area contributed by atoms with Crippen LogP contribution in [0.25, 0.3) is 0 Å². The number of aliphatic hydroxyl groups is 1. The summed E-state index contributed by atoms with van der Waals surface area (Å²) < 4.78 is 0.563. The minimum atomic E-state index is -0.123. The lowest BCUT2D eigenvalue weighted by Crippen LogP contribution is -1.86. The van der Waals surface area contributed by atoms with Gasteiger partial charge in [0.15, 0.2) is 0 Å². The van der Waals surface area contributed by atoms with E-state index in [0.717, 1.165) is 0 Å². The Morgan fingerprint density at radius 2 is 2.30 bits per heavy atom. The van der Waals surface area contributed by atoms with Crippen LogP contribution in [0.1, 0.15) is 5.56 Å². The second kappa shape index (κ2) is 2.98. The normalized spacial score (nSPS) is 9.80. The first-order valence-corrected chi connectivity index (χ1v) is 3.47. The molecule has 10 heavy (non-hydrogen) atoms. The average Bonchev–Trinajstić information content (AvgIpc) is 1.94. The molecule has 0 saturated heterocycles. The highest BCUT2D eigenvalue weighted by atomic mass is 79.9. The molecule has 1 aromatic rings. The summed E-state index contributed by atoms with van der Waals surface area (Å²) in [5.74, 6) is 0.0623. The van der Waals surface area contributed by atoms with Crippen molar-refractivity contribution in [2.24, 2.45) is 0 Å². The fourth-order valence-corrected chi connectivity index (χ4v) is 0.934. The number of rotatable bonds is 1. The van der Waals surface area contributed by atoms with Crippen molar-refractivity contribution in [2.75, 3.05) is 0 Å². The molecule has 3 nitrogen and oxygen atoms in total. The Morgan fingerprint density at radius 1 is 1.60 bits per heavy atom. The molecule has 0 bridgehead atoms. The molecular formula is C6H6BrNO2. The van der Waals surface area contributed by atoms with Crippen LogP contribution in [0.2, 0.25) is 0 Å². The highest BCUT2D eigenvalue weighted by Gasteiger charge is 1.99. The Labute approximate surface area is 66.5 Å². The van der Waals surface area contributed by atoms with Gasteiger partial charge in [0.2, 0.25) is 0 Å². The van der Waals surface area contributed by atoms with Crippen molar-refractivity contribution in [1.29, 1.82) is 0 Å². The van der Waals surface area contributed by atoms with Crippen LogP contribution in [0.5, 0.6) is 5.75 Å². The van der Waals surface area contributed by atoms with Gasteiger partial charge in [-0.1, -0.05) is 0 Å². The van der Waals surface area contributed by atoms with E-state index in [9.17, 15) is 0 Å². The van der Waals surface area contributed by atoms with E-state index < -0.39 is 0 Å². The van der Waals surface area contributed by atoms with Gasteiger partial charge in [0.1, 0.15) is 10.4 Å². The molecule has 0 radical (unpaired) electrons. The van der Waals surface area contributed by atoms with Gasteiger partial charge in [0.05, 0.1) is 12.8 Å². The monoisotopic (exact) mass is 203 g/mol. The van der Waals surface area contributed by atoms with Crippen LogP contribution in [-0.2, 0) is 6.61 Å². The molecule has 1 heterocycles. The maximum atomic E-state index is 8.87. The van der Waals surface area contributed by atoms with Crippen molar-refractivity contribution in [1.82, 2.24) is 4.98 Å². The summed E-state index contributed by atoms with van der Waals surface area (Å²) in [6, 6.07) is 1.46. The number of nitrogens with zero attached hydrogens (tertiary/aromatic N) is 1. The molecule has 0 unspecified atom stereocenters. The molecule has 2 N–H and O–H groups in total. The number of halogens is 1. The Balaban J connectivity index is 3.09. The van der Waals surface area contributed by atoms with E-state index in [4.69, 9.17) is 10.2 Å². The van der Waals surface area contributed by atoms with Crippen molar-refractivity contribution in [3.8, 4) is 5.75 Å². The topological polar surface area (TPSA) is 53.4 Å². The summed E-state index contributed by atoms with van der Waals surface area (Å²) in [6.45, 7) is -0.123. The van der Waals surface area contributed by atoms with Gasteiger partial charge in [0.25, 0.3) is 0 Å². The van der Waals surface area contributed by atoms with Gasteiger partial charge in [-0.3, -0.25) is 0 Å². The van der Waals surface area contributed by atoms with Crippen LogP contribution in [0.15, 0.2) is 16.9 Å². The molecule has 54 valence electrons. The van der Waals surface area contributed by atoms with Crippen molar-refractivity contribution in [2.45, 2.75) is 6.61 Å². The predicted octanol–water partition coefficient (Wildman–Crippen LogP) is 1.04. The minimum absolute atomic E-state index is 0.0623. The van der Waals surface area contributed by atoms with Crippen molar-refractivity contribution >= 4 is 15.9 Å². The number of aromatic hydroxyl groups is 1. The lowest BCUT2D eigenvalue weighted by atomic mass is 10.3. The molecule has 0 saturated carbocycles. The number of hydrogen-bond acceptors (Lipinski definition) is 3. The molecule has 1 aromatic heterocycles. The molecule has 0 amide bonds. The molecule has 0 aliphatic carbocycles. The highest BCUT2D eigenvalue weighted by molar-refractivity contribution is 9.10. The van der Waals surface area contributed by atoms with Gasteiger partial charge in [0, 0.05) is 5.56 Å². The smallest absolute Gasteiger partial charge is 0.134 e. The molecule has 0 aliphatic heterocycles. The average molecular weight is 204 g/mol. The third-order valence-corrected chi connectivity index (χ3v) is 1.78. The first-order chi connectivity index (χ1) is 4.74. The molecule has 0 aliphatic rings. The lowest BCUT2D eigenvalue weighted by molar-refractivity contribution is 0.279. The summed E-state index contributed by atoms with van der Waals surface area (Å²) in [5, 5.41) is 17.5. The van der Waals surface area contributed by atoms with E-state index in [1.165, 1.54) is 12.3 Å². The van der Waals surface area contributed by atoms with E-state index in [1.807, 2.05) is 0 Å². The van der Waals surface area contributed by atoms with Gasteiger partial charge < -0.3 is 10.2 Å². The number of aromatic nitrogens is 1. The Kier molecular flexibility index (Phi) is 2.24. The third kappa shape index (κ3) is 1.46. The standard InChI is InChI=1S/C6H6BrNO2/c7-6-4(3-9)1-5(10)2-8-6/h1-2,9-10H,3H2. The van der Waals surface area contributed by atoms with Crippen molar-refractivity contribution in [3.63, 3.8) is 0 Å². The Bertz CT molecular complexity index is 239. The first kappa shape index (κ1) is 7.50. The lowest BCUT2D eigenvalue weighted by Gasteiger charge is -1.98. The predicted molar refractivity (Wildman–Crippen MR) is 39.5 cm³/mol. The van der Waals surface area contributed by atoms with Gasteiger partial charge in [-0.05, 0) is 22.0 Å². The zero-order chi connectivity index (χ0) is 7.56. The highest BCUT2D eigenvalue weighted by Crippen LogP contribution is 2.17. The minimum Gasteiger partial charge on any atom is -0.506 e. The van der Waals surface area contributed by atoms with Gasteiger partial charge in [-0.15, -0.1) is 0 Å². The second-order valence-electron chi connectivity index (χ2n) is 1.80. The zero-order valence-electron chi connectivity index (χ0n) is 5.08. The summed E-state index contributed by atoms with van der Waals surface area (Å²) >= 11 is 3.11. The van der Waals surface area contributed by atoms with Crippen LogP contribution in [-0.4, -0.2) is 15.2 Å². The van der Waals surface area contributed by atoms with Gasteiger partial charge >= 0.3 is 0 Å². The van der Waals surface area contributed by atoms with Crippen molar-refractivity contribution < 1.29 is 10.2 Å². The summed E-state index contributed by atoms with van der Waals surface area (Å²) in [4.78, 5) is 3.76. The number of pyridine rings is 1. The molecule has 4 heteroatoms. The first-order valence-electron chi connectivity index (χ1n) is 2.68.